The number of nitro benzene ring substituents is 1. The molecule has 0 spiro atoms. The number of nitrogens with one attached hydrogen (secondary N) is 1. The first kappa shape index (κ1) is 15.0. The summed E-state index contributed by atoms with van der Waals surface area (Å²) in [5, 5.41) is 12.8. The number of rotatable bonds is 3. The summed E-state index contributed by atoms with van der Waals surface area (Å²) in [6.07, 6.45) is 1.20. The molecule has 0 aliphatic carbocycles. The molecule has 21 heavy (non-hydrogen) atoms. The van der Waals surface area contributed by atoms with Gasteiger partial charge in [0.25, 0.3) is 11.6 Å². The maximum atomic E-state index is 13.6. The van der Waals surface area contributed by atoms with E-state index >= 15 is 0 Å². The van der Waals surface area contributed by atoms with Crippen molar-refractivity contribution >= 4 is 33.2 Å². The second-order valence-corrected chi connectivity index (χ2v) is 4.68. The van der Waals surface area contributed by atoms with Crippen molar-refractivity contribution in [2.24, 2.45) is 0 Å². The van der Waals surface area contributed by atoms with E-state index < -0.39 is 33.8 Å². The normalized spacial score (nSPS) is 10.2. The Balaban J connectivity index is 2.37. The van der Waals surface area contributed by atoms with Crippen molar-refractivity contribution in [3.8, 4) is 0 Å². The number of pyridine rings is 1. The first-order chi connectivity index (χ1) is 9.88. The van der Waals surface area contributed by atoms with E-state index in [2.05, 4.69) is 20.9 Å². The molecule has 0 bridgehead atoms. The number of hydrogen-bond donors (Lipinski definition) is 1. The van der Waals surface area contributed by atoms with Gasteiger partial charge in [-0.3, -0.25) is 14.9 Å². The molecule has 0 unspecified atom stereocenters. The van der Waals surface area contributed by atoms with E-state index in [0.29, 0.717) is 16.7 Å². The smallest absolute Gasteiger partial charge is 0.298 e. The number of halogens is 3. The number of amides is 1. The third-order valence-electron chi connectivity index (χ3n) is 2.46. The molecule has 0 atom stereocenters. The van der Waals surface area contributed by atoms with Gasteiger partial charge in [0.15, 0.2) is 11.5 Å². The molecular formula is C12H6BrF2N3O3. The summed E-state index contributed by atoms with van der Waals surface area (Å²) in [4.78, 5) is 25.5. The number of hydrogen-bond acceptors (Lipinski definition) is 4. The van der Waals surface area contributed by atoms with Crippen LogP contribution in [-0.2, 0) is 0 Å². The monoisotopic (exact) mass is 357 g/mol. The van der Waals surface area contributed by atoms with Crippen LogP contribution in [0.4, 0.5) is 20.2 Å². The number of nitro groups is 1. The highest BCUT2D eigenvalue weighted by Gasteiger charge is 2.22. The standard InChI is InChI=1S/C12H6BrF2N3O3/c13-10-2-1-6(5-16-10)12(19)17-11-8(15)3-7(14)4-9(11)18(20)21/h1-5H,(H,17,19). The summed E-state index contributed by atoms with van der Waals surface area (Å²) >= 11 is 3.08. The SMILES string of the molecule is O=C(Nc1c(F)cc(F)cc1[N+](=O)[O-])c1ccc(Br)nc1. The van der Waals surface area contributed by atoms with Gasteiger partial charge in [-0.15, -0.1) is 0 Å². The molecule has 2 rings (SSSR count). The Morgan fingerprint density at radius 3 is 2.62 bits per heavy atom. The zero-order chi connectivity index (χ0) is 15.6. The van der Waals surface area contributed by atoms with E-state index in [4.69, 9.17) is 0 Å². The molecule has 2 aromatic rings. The van der Waals surface area contributed by atoms with Gasteiger partial charge in [0.1, 0.15) is 10.4 Å². The minimum Gasteiger partial charge on any atom is -0.314 e. The summed E-state index contributed by atoms with van der Waals surface area (Å²) in [5.74, 6) is -3.15. The van der Waals surface area contributed by atoms with Gasteiger partial charge in [0, 0.05) is 12.3 Å². The summed E-state index contributed by atoms with van der Waals surface area (Å²) in [6, 6.07) is 3.84. The van der Waals surface area contributed by atoms with Crippen molar-refractivity contribution in [3.63, 3.8) is 0 Å². The predicted molar refractivity (Wildman–Crippen MR) is 72.9 cm³/mol. The van der Waals surface area contributed by atoms with Crippen molar-refractivity contribution in [2.75, 3.05) is 5.32 Å². The summed E-state index contributed by atoms with van der Waals surface area (Å²) in [5.41, 5.74) is -1.50. The lowest BCUT2D eigenvalue weighted by atomic mass is 10.2. The molecular weight excluding hydrogens is 352 g/mol. The van der Waals surface area contributed by atoms with Gasteiger partial charge >= 0.3 is 0 Å². The maximum absolute atomic E-state index is 13.6. The molecule has 108 valence electrons. The van der Waals surface area contributed by atoms with Crippen molar-refractivity contribution in [1.82, 2.24) is 4.98 Å². The molecule has 0 radical (unpaired) electrons. The predicted octanol–water partition coefficient (Wildman–Crippen LogP) is 3.28. The lowest BCUT2D eigenvalue weighted by Gasteiger charge is -2.07. The van der Waals surface area contributed by atoms with Gasteiger partial charge in [-0.2, -0.15) is 0 Å². The lowest BCUT2D eigenvalue weighted by molar-refractivity contribution is -0.384. The van der Waals surface area contributed by atoms with E-state index in [9.17, 15) is 23.7 Å². The number of anilines is 1. The van der Waals surface area contributed by atoms with Crippen molar-refractivity contribution in [3.05, 3.63) is 62.4 Å². The third kappa shape index (κ3) is 3.37. The number of carbonyl (C=O) groups excluding carboxylic acids is 1. The first-order valence-electron chi connectivity index (χ1n) is 5.45. The highest BCUT2D eigenvalue weighted by Crippen LogP contribution is 2.29. The van der Waals surface area contributed by atoms with Crippen molar-refractivity contribution in [1.29, 1.82) is 0 Å². The quantitative estimate of drug-likeness (QED) is 0.518. The maximum Gasteiger partial charge on any atom is 0.298 e. The average Bonchev–Trinajstić information content (AvgIpc) is 2.41. The van der Waals surface area contributed by atoms with Crippen LogP contribution < -0.4 is 5.32 Å². The topological polar surface area (TPSA) is 85.1 Å². The largest absolute Gasteiger partial charge is 0.314 e. The molecule has 0 aliphatic heterocycles. The second-order valence-electron chi connectivity index (χ2n) is 3.86. The third-order valence-corrected chi connectivity index (χ3v) is 2.93. The summed E-state index contributed by atoms with van der Waals surface area (Å²) in [6.45, 7) is 0. The van der Waals surface area contributed by atoms with Crippen LogP contribution in [0.25, 0.3) is 0 Å². The molecule has 0 saturated carbocycles. The molecule has 1 heterocycles. The van der Waals surface area contributed by atoms with Crippen molar-refractivity contribution < 1.29 is 18.5 Å². The molecule has 9 heteroatoms. The molecule has 0 fully saturated rings. The minimum absolute atomic E-state index is 0.0659. The zero-order valence-electron chi connectivity index (χ0n) is 10.1. The Morgan fingerprint density at radius 1 is 1.33 bits per heavy atom. The zero-order valence-corrected chi connectivity index (χ0v) is 11.7. The lowest BCUT2D eigenvalue weighted by Crippen LogP contribution is -2.15. The Labute approximate surface area is 125 Å². The van der Waals surface area contributed by atoms with Gasteiger partial charge in [0.2, 0.25) is 0 Å². The fourth-order valence-corrected chi connectivity index (χ4v) is 1.76. The fourth-order valence-electron chi connectivity index (χ4n) is 1.52. The van der Waals surface area contributed by atoms with Crippen LogP contribution in [0.15, 0.2) is 35.1 Å². The Hall–Kier alpha value is -2.42. The van der Waals surface area contributed by atoms with Gasteiger partial charge in [0.05, 0.1) is 16.6 Å². The Morgan fingerprint density at radius 2 is 2.05 bits per heavy atom. The molecule has 1 aromatic carbocycles. The molecule has 6 nitrogen and oxygen atoms in total. The van der Waals surface area contributed by atoms with Gasteiger partial charge in [-0.25, -0.2) is 13.8 Å². The van der Waals surface area contributed by atoms with Crippen LogP contribution in [0.3, 0.4) is 0 Å². The Bertz CT molecular complexity index is 722. The van der Waals surface area contributed by atoms with Crippen molar-refractivity contribution in [2.45, 2.75) is 0 Å². The highest BCUT2D eigenvalue weighted by atomic mass is 79.9. The van der Waals surface area contributed by atoms with Crippen LogP contribution in [0.5, 0.6) is 0 Å². The van der Waals surface area contributed by atoms with Crippen LogP contribution in [0.2, 0.25) is 0 Å². The summed E-state index contributed by atoms with van der Waals surface area (Å²) in [7, 11) is 0. The number of benzene rings is 1. The minimum atomic E-state index is -1.24. The molecule has 1 N–H and O–H groups in total. The number of nitrogens with zero attached hydrogens (tertiary/aromatic N) is 2. The van der Waals surface area contributed by atoms with E-state index in [1.807, 2.05) is 5.32 Å². The van der Waals surface area contributed by atoms with Crippen LogP contribution >= 0.6 is 15.9 Å². The fraction of sp³-hybridized carbons (Fsp3) is 0. The molecule has 1 aromatic heterocycles. The Kier molecular flexibility index (Phi) is 4.22. The average molecular weight is 358 g/mol. The van der Waals surface area contributed by atoms with Crippen LogP contribution in [-0.4, -0.2) is 15.8 Å². The van der Waals surface area contributed by atoms with E-state index in [-0.39, 0.29) is 5.56 Å². The van der Waals surface area contributed by atoms with E-state index in [1.165, 1.54) is 18.3 Å². The highest BCUT2D eigenvalue weighted by molar-refractivity contribution is 9.10. The molecule has 0 aliphatic rings. The second kappa shape index (κ2) is 5.92. The van der Waals surface area contributed by atoms with Crippen LogP contribution in [0, 0.1) is 21.7 Å². The first-order valence-corrected chi connectivity index (χ1v) is 6.24. The van der Waals surface area contributed by atoms with Gasteiger partial charge < -0.3 is 5.32 Å². The molecule has 1 amide bonds. The number of carbonyl (C=O) groups is 1. The van der Waals surface area contributed by atoms with Crippen LogP contribution in [0.1, 0.15) is 10.4 Å². The van der Waals surface area contributed by atoms with Gasteiger partial charge in [-0.1, -0.05) is 0 Å². The summed E-state index contributed by atoms with van der Waals surface area (Å²) < 4.78 is 27.1. The number of aromatic nitrogens is 1. The van der Waals surface area contributed by atoms with Gasteiger partial charge in [-0.05, 0) is 28.1 Å². The molecule has 0 saturated heterocycles. The van der Waals surface area contributed by atoms with E-state index in [0.717, 1.165) is 0 Å². The van der Waals surface area contributed by atoms with E-state index in [1.54, 1.807) is 0 Å².